The monoisotopic (exact) mass is 218 g/mol. The third-order valence-corrected chi connectivity index (χ3v) is 2.50. The van der Waals surface area contributed by atoms with E-state index in [9.17, 15) is 9.90 Å². The van der Waals surface area contributed by atoms with Gasteiger partial charge in [0.15, 0.2) is 30.1 Å². The van der Waals surface area contributed by atoms with Crippen molar-refractivity contribution in [3.63, 3.8) is 0 Å². The number of Topliss-reactive ketones (excluding diaryl/α,β-unsaturated/α-hetero) is 1. The first-order chi connectivity index (χ1) is 6.91. The van der Waals surface area contributed by atoms with Gasteiger partial charge in [0.1, 0.15) is 6.10 Å². The molecule has 86 valence electrons. The maximum Gasteiger partial charge on any atom is 0.198 e. The fourth-order valence-corrected chi connectivity index (χ4v) is 1.74. The van der Waals surface area contributed by atoms with Gasteiger partial charge in [-0.2, -0.15) is 0 Å². The van der Waals surface area contributed by atoms with Gasteiger partial charge in [-0.1, -0.05) is 0 Å². The quantitative estimate of drug-likeness (QED) is 0.574. The van der Waals surface area contributed by atoms with Gasteiger partial charge in [-0.3, -0.25) is 4.79 Å². The molecular weight excluding hydrogens is 204 g/mol. The van der Waals surface area contributed by atoms with Crippen molar-refractivity contribution in [2.45, 2.75) is 44.2 Å². The van der Waals surface area contributed by atoms with Gasteiger partial charge in [-0.25, -0.2) is 0 Å². The van der Waals surface area contributed by atoms with Gasteiger partial charge >= 0.3 is 0 Å². The van der Waals surface area contributed by atoms with E-state index in [1.54, 1.807) is 13.8 Å². The van der Waals surface area contributed by atoms with Crippen LogP contribution in [0.25, 0.3) is 0 Å². The molecule has 0 saturated carbocycles. The molecule has 15 heavy (non-hydrogen) atoms. The molecule has 2 N–H and O–H groups in total. The molecule has 2 rings (SSSR count). The molecule has 2 fully saturated rings. The van der Waals surface area contributed by atoms with Crippen molar-refractivity contribution in [3.05, 3.63) is 0 Å². The predicted octanol–water partition coefficient (Wildman–Crippen LogP) is -1.21. The summed E-state index contributed by atoms with van der Waals surface area (Å²) in [5.74, 6) is -1.32. The smallest absolute Gasteiger partial charge is 0.198 e. The summed E-state index contributed by atoms with van der Waals surface area (Å²) in [6, 6.07) is 0. The molecule has 0 spiro atoms. The van der Waals surface area contributed by atoms with Gasteiger partial charge in [0.25, 0.3) is 0 Å². The topological polar surface area (TPSA) is 85.2 Å². The summed E-state index contributed by atoms with van der Waals surface area (Å²) in [6.07, 6.45) is -4.46. The lowest BCUT2D eigenvalue weighted by atomic mass is 10.1. The minimum atomic E-state index is -1.48. The highest BCUT2D eigenvalue weighted by atomic mass is 16.8. The third kappa shape index (κ3) is 1.91. The molecule has 2 saturated heterocycles. The SMILES string of the molecule is CC1(C)OC[C@H]([C@H]2O[C@H](O)[C@H](O)C2=O)O1. The predicted molar refractivity (Wildman–Crippen MR) is 46.8 cm³/mol. The summed E-state index contributed by atoms with van der Waals surface area (Å²) < 4.78 is 15.6. The van der Waals surface area contributed by atoms with Crippen LogP contribution < -0.4 is 0 Å². The molecule has 0 unspecified atom stereocenters. The van der Waals surface area contributed by atoms with E-state index in [1.165, 1.54) is 0 Å². The Hall–Kier alpha value is -0.530. The minimum Gasteiger partial charge on any atom is -0.380 e. The number of hydrogen-bond acceptors (Lipinski definition) is 6. The van der Waals surface area contributed by atoms with Crippen LogP contribution in [0.15, 0.2) is 0 Å². The van der Waals surface area contributed by atoms with Crippen molar-refractivity contribution in [3.8, 4) is 0 Å². The van der Waals surface area contributed by atoms with Crippen molar-refractivity contribution in [2.75, 3.05) is 6.61 Å². The number of carbonyl (C=O) groups excluding carboxylic acids is 1. The molecule has 2 aliphatic heterocycles. The normalized spacial score (nSPS) is 44.9. The molecule has 0 aromatic heterocycles. The van der Waals surface area contributed by atoms with Gasteiger partial charge < -0.3 is 24.4 Å². The van der Waals surface area contributed by atoms with Crippen LogP contribution in [-0.4, -0.2) is 53.0 Å². The molecule has 4 atom stereocenters. The lowest BCUT2D eigenvalue weighted by Crippen LogP contribution is -2.37. The highest BCUT2D eigenvalue weighted by molar-refractivity contribution is 5.89. The Labute approximate surface area is 86.7 Å². The third-order valence-electron chi connectivity index (χ3n) is 2.50. The Morgan fingerprint density at radius 2 is 2.07 bits per heavy atom. The number of rotatable bonds is 1. The van der Waals surface area contributed by atoms with Gasteiger partial charge in [-0.15, -0.1) is 0 Å². The van der Waals surface area contributed by atoms with Gasteiger partial charge in [0.2, 0.25) is 0 Å². The average molecular weight is 218 g/mol. The van der Waals surface area contributed by atoms with Crippen molar-refractivity contribution in [2.24, 2.45) is 0 Å². The number of ether oxygens (including phenoxy) is 3. The average Bonchev–Trinajstić information content (AvgIpc) is 2.62. The first kappa shape index (κ1) is 11.0. The van der Waals surface area contributed by atoms with Gasteiger partial charge in [-0.05, 0) is 13.8 Å². The van der Waals surface area contributed by atoms with E-state index in [0.717, 1.165) is 0 Å². The zero-order chi connectivity index (χ0) is 11.2. The Bertz CT molecular complexity index is 276. The van der Waals surface area contributed by atoms with Crippen LogP contribution in [0.1, 0.15) is 13.8 Å². The van der Waals surface area contributed by atoms with E-state index in [0.29, 0.717) is 0 Å². The second-order valence-electron chi connectivity index (χ2n) is 4.16. The fourth-order valence-electron chi connectivity index (χ4n) is 1.74. The molecule has 0 bridgehead atoms. The number of aliphatic hydroxyl groups is 2. The lowest BCUT2D eigenvalue weighted by Gasteiger charge is -2.19. The van der Waals surface area contributed by atoms with Crippen LogP contribution in [0.3, 0.4) is 0 Å². The van der Waals surface area contributed by atoms with E-state index in [1.807, 2.05) is 0 Å². The standard InChI is InChI=1S/C9H14O6/c1-9(2)13-3-4(15-9)7-5(10)6(11)8(12)14-7/h4,6-8,11-12H,3H2,1-2H3/t4-,6-,7-,8+/m1/s1. The fraction of sp³-hybridized carbons (Fsp3) is 0.889. The maximum absolute atomic E-state index is 11.4. The number of ketones is 1. The van der Waals surface area contributed by atoms with Crippen LogP contribution in [0, 0.1) is 0 Å². The second-order valence-corrected chi connectivity index (χ2v) is 4.16. The van der Waals surface area contributed by atoms with Crippen LogP contribution in [0.5, 0.6) is 0 Å². The van der Waals surface area contributed by atoms with Gasteiger partial charge in [0, 0.05) is 0 Å². The van der Waals surface area contributed by atoms with Crippen molar-refractivity contribution < 1.29 is 29.2 Å². The minimum absolute atomic E-state index is 0.211. The van der Waals surface area contributed by atoms with Crippen LogP contribution >= 0.6 is 0 Å². The van der Waals surface area contributed by atoms with E-state index in [2.05, 4.69) is 0 Å². The highest BCUT2D eigenvalue weighted by Crippen LogP contribution is 2.29. The number of aliphatic hydroxyl groups excluding tert-OH is 2. The molecule has 0 amide bonds. The summed E-state index contributed by atoms with van der Waals surface area (Å²) >= 11 is 0. The van der Waals surface area contributed by atoms with Crippen molar-refractivity contribution >= 4 is 5.78 Å². The van der Waals surface area contributed by atoms with E-state index in [-0.39, 0.29) is 6.61 Å². The first-order valence-corrected chi connectivity index (χ1v) is 4.78. The molecule has 0 radical (unpaired) electrons. The molecular formula is C9H14O6. The Morgan fingerprint density at radius 1 is 1.40 bits per heavy atom. The van der Waals surface area contributed by atoms with Crippen molar-refractivity contribution in [1.29, 1.82) is 0 Å². The van der Waals surface area contributed by atoms with E-state index in [4.69, 9.17) is 19.3 Å². The van der Waals surface area contributed by atoms with E-state index < -0.39 is 36.2 Å². The first-order valence-electron chi connectivity index (χ1n) is 4.78. The summed E-state index contributed by atoms with van der Waals surface area (Å²) in [5.41, 5.74) is 0. The van der Waals surface area contributed by atoms with Crippen LogP contribution in [0.2, 0.25) is 0 Å². The Morgan fingerprint density at radius 3 is 2.47 bits per heavy atom. The molecule has 0 aliphatic carbocycles. The summed E-state index contributed by atoms with van der Waals surface area (Å²) in [7, 11) is 0. The van der Waals surface area contributed by atoms with Crippen LogP contribution in [0.4, 0.5) is 0 Å². The molecule has 2 aliphatic rings. The Balaban J connectivity index is 2.05. The molecule has 2 heterocycles. The maximum atomic E-state index is 11.4. The highest BCUT2D eigenvalue weighted by Gasteiger charge is 2.49. The van der Waals surface area contributed by atoms with Gasteiger partial charge in [0.05, 0.1) is 6.61 Å². The number of hydrogen-bond donors (Lipinski definition) is 2. The largest absolute Gasteiger partial charge is 0.380 e. The second kappa shape index (κ2) is 3.50. The Kier molecular flexibility index (Phi) is 2.56. The molecule has 0 aromatic rings. The van der Waals surface area contributed by atoms with Crippen molar-refractivity contribution in [1.82, 2.24) is 0 Å². The zero-order valence-corrected chi connectivity index (χ0v) is 8.54. The van der Waals surface area contributed by atoms with E-state index >= 15 is 0 Å². The molecule has 6 nitrogen and oxygen atoms in total. The molecule has 6 heteroatoms. The summed E-state index contributed by atoms with van der Waals surface area (Å²) in [4.78, 5) is 11.4. The zero-order valence-electron chi connectivity index (χ0n) is 8.54. The summed E-state index contributed by atoms with van der Waals surface area (Å²) in [6.45, 7) is 3.65. The molecule has 0 aromatic carbocycles. The number of carbonyl (C=O) groups is 1. The summed E-state index contributed by atoms with van der Waals surface area (Å²) in [5, 5.41) is 18.3. The van der Waals surface area contributed by atoms with Crippen LogP contribution in [-0.2, 0) is 19.0 Å². The lowest BCUT2D eigenvalue weighted by molar-refractivity contribution is -0.175.